The van der Waals surface area contributed by atoms with E-state index < -0.39 is 11.5 Å². The summed E-state index contributed by atoms with van der Waals surface area (Å²) in [5, 5.41) is 20.6. The van der Waals surface area contributed by atoms with Crippen molar-refractivity contribution in [1.82, 2.24) is 19.7 Å². The molecule has 0 aromatic carbocycles. The van der Waals surface area contributed by atoms with Gasteiger partial charge in [0.2, 0.25) is 0 Å². The smallest absolute Gasteiger partial charge is 0.313 e. The van der Waals surface area contributed by atoms with Gasteiger partial charge in [0, 0.05) is 18.0 Å². The number of hydrogen-bond donors (Lipinski definition) is 1. The van der Waals surface area contributed by atoms with Gasteiger partial charge in [0.1, 0.15) is 10.8 Å². The lowest BCUT2D eigenvalue weighted by Crippen LogP contribution is -2.30. The number of rotatable bonds is 6. The maximum atomic E-state index is 10.8. The molecule has 6 nitrogen and oxygen atoms in total. The molecule has 0 saturated carbocycles. The van der Waals surface area contributed by atoms with Gasteiger partial charge in [-0.05, 0) is 13.8 Å². The van der Waals surface area contributed by atoms with Crippen molar-refractivity contribution < 1.29 is 9.90 Å². The Morgan fingerprint density at radius 1 is 1.50 bits per heavy atom. The van der Waals surface area contributed by atoms with Crippen LogP contribution in [0, 0.1) is 0 Å². The molecule has 0 fully saturated rings. The Morgan fingerprint density at radius 2 is 2.25 bits per heavy atom. The molecule has 0 aliphatic rings. The molecule has 108 valence electrons. The first kappa shape index (κ1) is 15.0. The summed E-state index contributed by atoms with van der Waals surface area (Å²) in [6.07, 6.45) is 2.50. The fourth-order valence-corrected chi connectivity index (χ4v) is 3.50. The predicted octanol–water partition coefficient (Wildman–Crippen LogP) is 2.26. The topological polar surface area (TPSA) is 80.9 Å². The summed E-state index contributed by atoms with van der Waals surface area (Å²) in [6.45, 7) is 6.09. The molecule has 0 unspecified atom stereocenters. The van der Waals surface area contributed by atoms with Crippen molar-refractivity contribution in [2.75, 3.05) is 5.75 Å². The number of nitrogens with zero attached hydrogens (tertiary/aromatic N) is 4. The molecule has 0 bridgehead atoms. The third-order valence-corrected chi connectivity index (χ3v) is 4.86. The van der Waals surface area contributed by atoms with E-state index in [-0.39, 0.29) is 5.75 Å². The quantitative estimate of drug-likeness (QED) is 0.824. The van der Waals surface area contributed by atoms with Crippen molar-refractivity contribution in [1.29, 1.82) is 0 Å². The van der Waals surface area contributed by atoms with Crippen LogP contribution in [0.4, 0.5) is 0 Å². The van der Waals surface area contributed by atoms with Gasteiger partial charge in [0.05, 0.1) is 11.3 Å². The van der Waals surface area contributed by atoms with Gasteiger partial charge in [-0.25, -0.2) is 4.98 Å². The van der Waals surface area contributed by atoms with Crippen LogP contribution >= 0.6 is 23.1 Å². The van der Waals surface area contributed by atoms with Gasteiger partial charge in [0.15, 0.2) is 5.16 Å². The van der Waals surface area contributed by atoms with Gasteiger partial charge in [-0.1, -0.05) is 18.7 Å². The molecule has 1 N–H and O–H groups in total. The summed E-state index contributed by atoms with van der Waals surface area (Å²) >= 11 is 2.75. The van der Waals surface area contributed by atoms with E-state index in [1.165, 1.54) is 11.8 Å². The van der Waals surface area contributed by atoms with Crippen molar-refractivity contribution in [2.45, 2.75) is 37.9 Å². The molecule has 2 heterocycles. The van der Waals surface area contributed by atoms with Crippen molar-refractivity contribution >= 4 is 29.1 Å². The highest BCUT2D eigenvalue weighted by Gasteiger charge is 2.31. The van der Waals surface area contributed by atoms with E-state index in [9.17, 15) is 4.79 Å². The van der Waals surface area contributed by atoms with Gasteiger partial charge in [-0.3, -0.25) is 9.36 Å². The molecule has 0 aliphatic carbocycles. The maximum absolute atomic E-state index is 10.8. The minimum absolute atomic E-state index is 0.0319. The Kier molecular flexibility index (Phi) is 4.44. The zero-order chi connectivity index (χ0) is 14.8. The molecule has 2 aromatic heterocycles. The number of carboxylic acids is 1. The van der Waals surface area contributed by atoms with Gasteiger partial charge in [0.25, 0.3) is 0 Å². The third-order valence-electron chi connectivity index (χ3n) is 2.86. The highest BCUT2D eigenvalue weighted by molar-refractivity contribution is 7.99. The highest BCUT2D eigenvalue weighted by atomic mass is 32.2. The van der Waals surface area contributed by atoms with Crippen molar-refractivity contribution in [3.05, 3.63) is 22.4 Å². The Hall–Kier alpha value is -1.41. The first-order valence-electron chi connectivity index (χ1n) is 6.16. The molecule has 0 amide bonds. The van der Waals surface area contributed by atoms with E-state index in [0.29, 0.717) is 5.16 Å². The molecule has 2 rings (SSSR count). The summed E-state index contributed by atoms with van der Waals surface area (Å²) in [5.74, 6) is -0.0664. The predicted molar refractivity (Wildman–Crippen MR) is 78.3 cm³/mol. The number of aryl methyl sites for hydroxylation is 1. The summed E-state index contributed by atoms with van der Waals surface area (Å²) < 4.78 is 1.99. The van der Waals surface area contributed by atoms with E-state index in [2.05, 4.69) is 15.2 Å². The molecule has 8 heteroatoms. The van der Waals surface area contributed by atoms with Gasteiger partial charge in [-0.2, -0.15) is 0 Å². The SMILES string of the molecule is CCc1nnc(SCC(=O)O)n1C(C)(C)c1nccs1. The van der Waals surface area contributed by atoms with E-state index in [1.807, 2.05) is 30.7 Å². The Morgan fingerprint density at radius 3 is 2.80 bits per heavy atom. The monoisotopic (exact) mass is 312 g/mol. The summed E-state index contributed by atoms with van der Waals surface area (Å²) in [6, 6.07) is 0. The van der Waals surface area contributed by atoms with Crippen LogP contribution in [0.3, 0.4) is 0 Å². The van der Waals surface area contributed by atoms with Crippen LogP contribution < -0.4 is 0 Å². The van der Waals surface area contributed by atoms with Crippen LogP contribution in [-0.2, 0) is 16.8 Å². The van der Waals surface area contributed by atoms with Crippen molar-refractivity contribution in [3.63, 3.8) is 0 Å². The normalized spacial score (nSPS) is 11.8. The van der Waals surface area contributed by atoms with E-state index in [1.54, 1.807) is 17.5 Å². The zero-order valence-corrected chi connectivity index (χ0v) is 13.2. The zero-order valence-electron chi connectivity index (χ0n) is 11.5. The number of carbonyl (C=O) groups is 1. The second kappa shape index (κ2) is 5.92. The number of aromatic nitrogens is 4. The average molecular weight is 312 g/mol. The molecule has 0 atom stereocenters. The van der Waals surface area contributed by atoms with Crippen molar-refractivity contribution in [2.24, 2.45) is 0 Å². The first-order chi connectivity index (χ1) is 9.46. The Bertz CT molecular complexity index is 593. The van der Waals surface area contributed by atoms with Crippen LogP contribution in [0.15, 0.2) is 16.7 Å². The lowest BCUT2D eigenvalue weighted by atomic mass is 10.1. The molecular formula is C12H16N4O2S2. The lowest BCUT2D eigenvalue weighted by molar-refractivity contribution is -0.133. The minimum Gasteiger partial charge on any atom is -0.481 e. The maximum Gasteiger partial charge on any atom is 0.313 e. The van der Waals surface area contributed by atoms with E-state index >= 15 is 0 Å². The van der Waals surface area contributed by atoms with Crippen LogP contribution in [0.1, 0.15) is 31.6 Å². The van der Waals surface area contributed by atoms with Gasteiger partial charge >= 0.3 is 5.97 Å². The summed E-state index contributed by atoms with van der Waals surface area (Å²) in [4.78, 5) is 15.1. The first-order valence-corrected chi connectivity index (χ1v) is 8.02. The molecule has 0 spiro atoms. The molecule has 2 aromatic rings. The number of carboxylic acid groups (broad SMARTS) is 1. The lowest BCUT2D eigenvalue weighted by Gasteiger charge is -2.27. The molecule has 20 heavy (non-hydrogen) atoms. The Balaban J connectivity index is 2.42. The summed E-state index contributed by atoms with van der Waals surface area (Å²) in [5.41, 5.74) is -0.399. The number of aliphatic carboxylic acids is 1. The molecular weight excluding hydrogens is 296 g/mol. The molecule has 0 aliphatic heterocycles. The minimum atomic E-state index is -0.866. The standard InChI is InChI=1S/C12H16N4O2S2/c1-4-8-14-15-11(20-7-9(17)18)16(8)12(2,3)10-13-5-6-19-10/h5-6H,4,7H2,1-3H3,(H,17,18). The average Bonchev–Trinajstić information content (AvgIpc) is 3.05. The van der Waals surface area contributed by atoms with Crippen molar-refractivity contribution in [3.8, 4) is 0 Å². The number of hydrogen-bond acceptors (Lipinski definition) is 6. The van der Waals surface area contributed by atoms with E-state index in [0.717, 1.165) is 17.3 Å². The fourth-order valence-electron chi connectivity index (χ4n) is 1.93. The fraction of sp³-hybridized carbons (Fsp3) is 0.500. The second-order valence-electron chi connectivity index (χ2n) is 4.67. The molecule has 0 saturated heterocycles. The van der Waals surface area contributed by atoms with Crippen LogP contribution in [-0.4, -0.2) is 36.6 Å². The second-order valence-corrected chi connectivity index (χ2v) is 6.50. The largest absolute Gasteiger partial charge is 0.481 e. The third kappa shape index (κ3) is 2.85. The Labute approximate surface area is 125 Å². The summed E-state index contributed by atoms with van der Waals surface area (Å²) in [7, 11) is 0. The van der Waals surface area contributed by atoms with E-state index in [4.69, 9.17) is 5.11 Å². The number of thioether (sulfide) groups is 1. The van der Waals surface area contributed by atoms with Gasteiger partial charge < -0.3 is 5.11 Å². The van der Waals surface area contributed by atoms with Crippen LogP contribution in [0.2, 0.25) is 0 Å². The molecule has 0 radical (unpaired) electrons. The number of thiazole rings is 1. The van der Waals surface area contributed by atoms with Crippen LogP contribution in [0.5, 0.6) is 0 Å². The highest BCUT2D eigenvalue weighted by Crippen LogP contribution is 2.32. The van der Waals surface area contributed by atoms with Gasteiger partial charge in [-0.15, -0.1) is 21.5 Å². The van der Waals surface area contributed by atoms with Crippen LogP contribution in [0.25, 0.3) is 0 Å².